The number of nitrogens with zero attached hydrogens (tertiary/aromatic N) is 3. The van der Waals surface area contributed by atoms with E-state index in [2.05, 4.69) is 22.4 Å². The van der Waals surface area contributed by atoms with Gasteiger partial charge in [-0.3, -0.25) is 4.79 Å². The number of aromatic nitrogens is 2. The van der Waals surface area contributed by atoms with Crippen molar-refractivity contribution in [1.29, 1.82) is 0 Å². The Morgan fingerprint density at radius 2 is 2.06 bits per heavy atom. The van der Waals surface area contributed by atoms with Crippen molar-refractivity contribution in [3.05, 3.63) is 17.8 Å². The molecule has 17 heavy (non-hydrogen) atoms. The quantitative estimate of drug-likeness (QED) is 0.765. The molecule has 0 spiro atoms. The molecule has 5 heteroatoms. The number of hydrogen-bond acceptors (Lipinski definition) is 4. The van der Waals surface area contributed by atoms with Crippen molar-refractivity contribution in [3.8, 4) is 0 Å². The first-order chi connectivity index (χ1) is 8.15. The van der Waals surface area contributed by atoms with Crippen molar-refractivity contribution in [2.45, 2.75) is 26.2 Å². The SMILES string of the molecule is CCCCCNc1ccc(C(=O)N(C)C)nn1. The second-order valence-electron chi connectivity index (χ2n) is 4.14. The second-order valence-corrected chi connectivity index (χ2v) is 4.14. The van der Waals surface area contributed by atoms with Crippen LogP contribution in [-0.4, -0.2) is 41.6 Å². The van der Waals surface area contributed by atoms with Crippen LogP contribution in [0.1, 0.15) is 36.7 Å². The topological polar surface area (TPSA) is 58.1 Å². The fourth-order valence-electron chi connectivity index (χ4n) is 1.36. The Morgan fingerprint density at radius 1 is 1.29 bits per heavy atom. The van der Waals surface area contributed by atoms with Crippen LogP contribution < -0.4 is 5.32 Å². The van der Waals surface area contributed by atoms with Crippen molar-refractivity contribution in [1.82, 2.24) is 15.1 Å². The van der Waals surface area contributed by atoms with Gasteiger partial charge in [-0.05, 0) is 18.6 Å². The number of nitrogens with one attached hydrogen (secondary N) is 1. The molecule has 0 aliphatic carbocycles. The summed E-state index contributed by atoms with van der Waals surface area (Å²) >= 11 is 0. The van der Waals surface area contributed by atoms with Gasteiger partial charge in [0.2, 0.25) is 0 Å². The summed E-state index contributed by atoms with van der Waals surface area (Å²) in [6.45, 7) is 3.06. The van der Waals surface area contributed by atoms with Crippen LogP contribution in [-0.2, 0) is 0 Å². The molecule has 0 aliphatic heterocycles. The zero-order chi connectivity index (χ0) is 12.7. The predicted molar refractivity (Wildman–Crippen MR) is 68.1 cm³/mol. The average Bonchev–Trinajstić information content (AvgIpc) is 2.34. The van der Waals surface area contributed by atoms with E-state index in [0.717, 1.165) is 18.8 Å². The van der Waals surface area contributed by atoms with E-state index in [1.165, 1.54) is 17.7 Å². The Bertz CT molecular complexity index is 348. The van der Waals surface area contributed by atoms with Gasteiger partial charge in [0.1, 0.15) is 5.82 Å². The van der Waals surface area contributed by atoms with Crippen molar-refractivity contribution >= 4 is 11.7 Å². The molecule has 1 N–H and O–H groups in total. The van der Waals surface area contributed by atoms with Crippen LogP contribution in [0.15, 0.2) is 12.1 Å². The molecule has 5 nitrogen and oxygen atoms in total. The molecule has 0 saturated carbocycles. The maximum absolute atomic E-state index is 11.6. The number of unbranched alkanes of at least 4 members (excludes halogenated alkanes) is 2. The maximum atomic E-state index is 11.6. The minimum absolute atomic E-state index is 0.130. The summed E-state index contributed by atoms with van der Waals surface area (Å²) in [4.78, 5) is 13.0. The highest BCUT2D eigenvalue weighted by molar-refractivity contribution is 5.91. The van der Waals surface area contributed by atoms with E-state index in [-0.39, 0.29) is 5.91 Å². The van der Waals surface area contributed by atoms with Crippen LogP contribution >= 0.6 is 0 Å². The number of rotatable bonds is 6. The molecule has 0 unspecified atom stereocenters. The maximum Gasteiger partial charge on any atom is 0.273 e. The lowest BCUT2D eigenvalue weighted by atomic mass is 10.2. The van der Waals surface area contributed by atoms with Gasteiger partial charge in [0.25, 0.3) is 5.91 Å². The summed E-state index contributed by atoms with van der Waals surface area (Å²) in [5, 5.41) is 11.0. The van der Waals surface area contributed by atoms with E-state index in [1.54, 1.807) is 26.2 Å². The Morgan fingerprint density at radius 3 is 2.59 bits per heavy atom. The fourth-order valence-corrected chi connectivity index (χ4v) is 1.36. The number of carbonyl (C=O) groups is 1. The van der Waals surface area contributed by atoms with Gasteiger partial charge in [0.05, 0.1) is 0 Å². The molecule has 0 aromatic carbocycles. The summed E-state index contributed by atoms with van der Waals surface area (Å²) in [5.41, 5.74) is 0.370. The third kappa shape index (κ3) is 4.38. The lowest BCUT2D eigenvalue weighted by Crippen LogP contribution is -2.23. The highest BCUT2D eigenvalue weighted by Crippen LogP contribution is 2.04. The van der Waals surface area contributed by atoms with Gasteiger partial charge in [0.15, 0.2) is 5.69 Å². The van der Waals surface area contributed by atoms with E-state index in [0.29, 0.717) is 5.69 Å². The number of amides is 1. The molecule has 0 aliphatic rings. The van der Waals surface area contributed by atoms with Crippen LogP contribution in [0.2, 0.25) is 0 Å². The fraction of sp³-hybridized carbons (Fsp3) is 0.583. The second kappa shape index (κ2) is 6.83. The zero-order valence-corrected chi connectivity index (χ0v) is 10.7. The summed E-state index contributed by atoms with van der Waals surface area (Å²) < 4.78 is 0. The van der Waals surface area contributed by atoms with Crippen LogP contribution in [0, 0.1) is 0 Å². The van der Waals surface area contributed by atoms with E-state index < -0.39 is 0 Å². The molecule has 0 saturated heterocycles. The normalized spacial score (nSPS) is 10.1. The van der Waals surface area contributed by atoms with Gasteiger partial charge in [-0.25, -0.2) is 0 Å². The van der Waals surface area contributed by atoms with Crippen LogP contribution in [0.25, 0.3) is 0 Å². The van der Waals surface area contributed by atoms with Crippen LogP contribution in [0.5, 0.6) is 0 Å². The first-order valence-electron chi connectivity index (χ1n) is 5.94. The first kappa shape index (κ1) is 13.4. The van der Waals surface area contributed by atoms with Gasteiger partial charge < -0.3 is 10.2 Å². The molecule has 1 amide bonds. The minimum atomic E-state index is -0.130. The molecule has 1 heterocycles. The molecular weight excluding hydrogens is 216 g/mol. The van der Waals surface area contributed by atoms with Crippen molar-refractivity contribution in [2.24, 2.45) is 0 Å². The van der Waals surface area contributed by atoms with E-state index in [4.69, 9.17) is 0 Å². The first-order valence-corrected chi connectivity index (χ1v) is 5.94. The highest BCUT2D eigenvalue weighted by Gasteiger charge is 2.09. The third-order valence-electron chi connectivity index (χ3n) is 2.38. The van der Waals surface area contributed by atoms with Gasteiger partial charge in [0, 0.05) is 20.6 Å². The predicted octanol–water partition coefficient (Wildman–Crippen LogP) is 1.78. The van der Waals surface area contributed by atoms with Gasteiger partial charge in [-0.15, -0.1) is 10.2 Å². The van der Waals surface area contributed by atoms with Crippen LogP contribution in [0.4, 0.5) is 5.82 Å². The molecule has 94 valence electrons. The minimum Gasteiger partial charge on any atom is -0.369 e. The standard InChI is InChI=1S/C12H20N4O/c1-4-5-6-9-13-11-8-7-10(14-15-11)12(17)16(2)3/h7-8H,4-6,9H2,1-3H3,(H,13,15). The molecule has 1 rings (SSSR count). The van der Waals surface area contributed by atoms with E-state index in [1.807, 2.05) is 0 Å². The lowest BCUT2D eigenvalue weighted by Gasteiger charge is -2.09. The van der Waals surface area contributed by atoms with Gasteiger partial charge >= 0.3 is 0 Å². The van der Waals surface area contributed by atoms with Crippen LogP contribution in [0.3, 0.4) is 0 Å². The average molecular weight is 236 g/mol. The Kier molecular flexibility index (Phi) is 5.39. The lowest BCUT2D eigenvalue weighted by molar-refractivity contribution is 0.0821. The Hall–Kier alpha value is -1.65. The zero-order valence-electron chi connectivity index (χ0n) is 10.7. The number of hydrogen-bond donors (Lipinski definition) is 1. The summed E-state index contributed by atoms with van der Waals surface area (Å²) in [5.74, 6) is 0.589. The molecule has 1 aromatic rings. The smallest absolute Gasteiger partial charge is 0.273 e. The third-order valence-corrected chi connectivity index (χ3v) is 2.38. The Labute approximate surface area is 102 Å². The molecule has 0 radical (unpaired) electrons. The Balaban J connectivity index is 2.47. The van der Waals surface area contributed by atoms with E-state index >= 15 is 0 Å². The van der Waals surface area contributed by atoms with E-state index in [9.17, 15) is 4.79 Å². The monoisotopic (exact) mass is 236 g/mol. The largest absolute Gasteiger partial charge is 0.369 e. The van der Waals surface area contributed by atoms with Crippen molar-refractivity contribution < 1.29 is 4.79 Å². The molecule has 0 bridgehead atoms. The van der Waals surface area contributed by atoms with Crippen molar-refractivity contribution in [2.75, 3.05) is 26.0 Å². The number of carbonyl (C=O) groups excluding carboxylic acids is 1. The molecule has 0 fully saturated rings. The summed E-state index contributed by atoms with van der Waals surface area (Å²) in [7, 11) is 3.39. The van der Waals surface area contributed by atoms with Gasteiger partial charge in [-0.2, -0.15) is 0 Å². The van der Waals surface area contributed by atoms with Gasteiger partial charge in [-0.1, -0.05) is 19.8 Å². The van der Waals surface area contributed by atoms with Crippen molar-refractivity contribution in [3.63, 3.8) is 0 Å². The number of anilines is 1. The summed E-state index contributed by atoms with van der Waals surface area (Å²) in [6.07, 6.45) is 3.53. The molecule has 0 atom stereocenters. The molecular formula is C12H20N4O. The highest BCUT2D eigenvalue weighted by atomic mass is 16.2. The summed E-state index contributed by atoms with van der Waals surface area (Å²) in [6, 6.07) is 3.48. The molecule has 1 aromatic heterocycles.